The molecule has 0 bridgehead atoms. The first-order valence-corrected chi connectivity index (χ1v) is 40.7. The smallest absolute Gasteiger partial charge is 0.251 e. The van der Waals surface area contributed by atoms with E-state index in [0.29, 0.717) is 67.0 Å². The first-order valence-electron chi connectivity index (χ1n) is 40.7. The largest absolute Gasteiger partial charge is 0.396 e. The molecule has 8 aromatic carbocycles. The SMILES string of the molecule is CCCCC(=O)c1cccc2c1CCN2c1cc(Cc2cccc(C)c2)ncn1.CCCNC(=O)c1cccc2c1CCN2c1cc(Cc2cc(F)cc(F)c2)ncn1.Cc1cc(C)cc(Cc2cc(N3CCc4c(C(=O)NCCO)cccc43)ncn2)c1.Cc1cccc(Cc2cc(N3CCc4c(C(=O)CCCO)cccc43)ncn2)c1. The van der Waals surface area contributed by atoms with Crippen molar-refractivity contribution in [3.8, 4) is 0 Å². The molecule has 0 atom stereocenters. The highest BCUT2D eigenvalue weighted by molar-refractivity contribution is 6.01. The summed E-state index contributed by atoms with van der Waals surface area (Å²) in [6.45, 7) is 16.5. The highest BCUT2D eigenvalue weighted by Gasteiger charge is 2.31. The minimum absolute atomic E-state index is 0.0392. The summed E-state index contributed by atoms with van der Waals surface area (Å²) in [7, 11) is 0. The number of aromatic nitrogens is 8. The number of nitrogens with one attached hydrogen (secondary N) is 2. The van der Waals surface area contributed by atoms with Gasteiger partial charge in [0.25, 0.3) is 11.8 Å². The number of aliphatic hydroxyl groups excluding tert-OH is 2. The molecule has 0 saturated heterocycles. The molecule has 0 spiro atoms. The molecule has 16 rings (SSSR count). The van der Waals surface area contributed by atoms with Crippen LogP contribution >= 0.6 is 0 Å². The average Bonchev–Trinajstić information content (AvgIpc) is 1.63. The maximum absolute atomic E-state index is 13.5. The number of hydrogen-bond acceptors (Lipinski definition) is 18. The van der Waals surface area contributed by atoms with Gasteiger partial charge in [0.1, 0.15) is 60.2 Å². The van der Waals surface area contributed by atoms with Gasteiger partial charge >= 0.3 is 0 Å². The Morgan fingerprint density at radius 3 is 1.06 bits per heavy atom. The van der Waals surface area contributed by atoms with E-state index in [-0.39, 0.29) is 43.1 Å². The normalized spacial score (nSPS) is 12.8. The molecule has 0 unspecified atom stereocenters. The molecular formula is C96H100F2N14O6. The zero-order valence-corrected chi connectivity index (χ0v) is 67.8. The summed E-state index contributed by atoms with van der Waals surface area (Å²) >= 11 is 0. The highest BCUT2D eigenvalue weighted by Crippen LogP contribution is 2.41. The summed E-state index contributed by atoms with van der Waals surface area (Å²) < 4.78 is 27.0. The third-order valence-electron chi connectivity index (χ3n) is 21.3. The molecule has 4 aliphatic rings. The van der Waals surface area contributed by atoms with E-state index in [1.54, 1.807) is 19.0 Å². The molecule has 4 aromatic heterocycles. The second-order valence-corrected chi connectivity index (χ2v) is 30.3. The van der Waals surface area contributed by atoms with Crippen LogP contribution in [0.3, 0.4) is 0 Å². The predicted molar refractivity (Wildman–Crippen MR) is 459 cm³/mol. The van der Waals surface area contributed by atoms with Gasteiger partial charge in [0, 0.05) is 160 Å². The number of amides is 2. The maximum Gasteiger partial charge on any atom is 0.251 e. The van der Waals surface area contributed by atoms with Crippen LogP contribution in [-0.2, 0) is 51.4 Å². The van der Waals surface area contributed by atoms with Crippen molar-refractivity contribution in [1.82, 2.24) is 50.5 Å². The van der Waals surface area contributed by atoms with Crippen LogP contribution in [-0.4, -0.2) is 126 Å². The number of hydrogen-bond donors (Lipinski definition) is 4. The lowest BCUT2D eigenvalue weighted by atomic mass is 9.98. The Hall–Kier alpha value is -12.7. The van der Waals surface area contributed by atoms with Crippen molar-refractivity contribution in [2.75, 3.05) is 72.1 Å². The Kier molecular flexibility index (Phi) is 28.1. The average molecular weight is 1580 g/mol. The van der Waals surface area contributed by atoms with Crippen LogP contribution in [0.25, 0.3) is 0 Å². The number of fused-ring (bicyclic) bond motifs is 4. The number of anilines is 8. The van der Waals surface area contributed by atoms with E-state index in [1.165, 1.54) is 57.4 Å². The standard InChI is InChI=1S/C25H27N3O.C24H26N4O2.C24H25N3O2.C23H22F2N4O/c1-3-4-11-24(29)22-9-6-10-23-21(22)12-13-28(23)25-16-20(26-17-27-25)15-19-8-5-7-18(2)14-19;1-16-10-17(2)12-18(11-16)13-19-14-23(27-15-26-19)28-8-6-20-21(4-3-5-22(20)28)24(30)25-7-9-29;1-17-5-2-6-18(13-17)14-19-15-24(26-16-25-19)27-11-10-20-21(7-3-8-22(20)27)23(29)9-4-12-28;1-2-7-26-23(30)20-4-3-5-21-19(20)6-8-29(21)22-13-18(27-14-28-22)11-15-9-16(24)12-17(25)10-15/h5-10,14,16-17H,3-4,11-13,15H2,1-2H3;3-5,10-12,14-15,29H,6-9,13H2,1-2H3,(H,25,30);2-3,5-8,13,15-16,28H,4,9-12,14H2,1H3;3-5,9-10,12-14H,2,6-8,11H2,1H3,(H,26,30). The van der Waals surface area contributed by atoms with Gasteiger partial charge in [-0.3, -0.25) is 19.2 Å². The number of rotatable bonds is 26. The second-order valence-electron chi connectivity index (χ2n) is 30.3. The monoisotopic (exact) mass is 1580 g/mol. The molecule has 118 heavy (non-hydrogen) atoms. The van der Waals surface area contributed by atoms with E-state index in [0.717, 1.165) is 181 Å². The Balaban J connectivity index is 0.000000136. The van der Waals surface area contributed by atoms with Crippen molar-refractivity contribution >= 4 is 69.4 Å². The number of carbonyl (C=O) groups excluding carboxylic acids is 4. The minimum Gasteiger partial charge on any atom is -0.396 e. The fourth-order valence-electron chi connectivity index (χ4n) is 16.0. The van der Waals surface area contributed by atoms with Crippen molar-refractivity contribution < 1.29 is 38.2 Å². The number of aliphatic hydroxyl groups is 2. The third-order valence-corrected chi connectivity index (χ3v) is 21.3. The van der Waals surface area contributed by atoms with E-state index in [4.69, 9.17) is 10.2 Å². The lowest BCUT2D eigenvalue weighted by Crippen LogP contribution is -2.27. The third kappa shape index (κ3) is 20.9. The van der Waals surface area contributed by atoms with Gasteiger partial charge in [-0.15, -0.1) is 0 Å². The molecule has 0 saturated carbocycles. The van der Waals surface area contributed by atoms with Gasteiger partial charge in [0.05, 0.1) is 29.4 Å². The summed E-state index contributed by atoms with van der Waals surface area (Å²) in [5.41, 5.74) is 24.2. The molecule has 4 N–H and O–H groups in total. The van der Waals surface area contributed by atoms with Crippen LogP contribution < -0.4 is 30.2 Å². The lowest BCUT2D eigenvalue weighted by Gasteiger charge is -2.19. The van der Waals surface area contributed by atoms with Gasteiger partial charge in [0.15, 0.2) is 11.6 Å². The van der Waals surface area contributed by atoms with Gasteiger partial charge in [0.2, 0.25) is 0 Å². The fourth-order valence-corrected chi connectivity index (χ4v) is 16.0. The van der Waals surface area contributed by atoms with Crippen molar-refractivity contribution in [1.29, 1.82) is 0 Å². The Morgan fingerprint density at radius 1 is 0.356 bits per heavy atom. The van der Waals surface area contributed by atoms with Crippen LogP contribution in [0.4, 0.5) is 54.8 Å². The number of ketones is 2. The highest BCUT2D eigenvalue weighted by atomic mass is 19.1. The molecule has 0 aliphatic carbocycles. The molecule has 604 valence electrons. The van der Waals surface area contributed by atoms with Gasteiger partial charge in [-0.25, -0.2) is 48.7 Å². The molecule has 20 nitrogen and oxygen atoms in total. The minimum atomic E-state index is -0.610. The maximum atomic E-state index is 13.5. The molecule has 22 heteroatoms. The van der Waals surface area contributed by atoms with E-state index >= 15 is 0 Å². The lowest BCUT2D eigenvalue weighted by molar-refractivity contribution is 0.0939. The fraction of sp³-hybridized carbons (Fsp3) is 0.292. The summed E-state index contributed by atoms with van der Waals surface area (Å²) in [4.78, 5) is 94.3. The first-order chi connectivity index (χ1) is 57.4. The molecule has 2 amide bonds. The topological polar surface area (TPSA) is 249 Å². The van der Waals surface area contributed by atoms with Gasteiger partial charge < -0.3 is 40.4 Å². The number of Topliss-reactive ketones (excluding diaryl/α,β-unsaturated/α-hetero) is 2. The summed E-state index contributed by atoms with van der Waals surface area (Å²) in [5.74, 6) is 2.23. The van der Waals surface area contributed by atoms with Crippen LogP contribution in [0, 0.1) is 39.3 Å². The summed E-state index contributed by atoms with van der Waals surface area (Å²) in [5, 5.41) is 23.7. The van der Waals surface area contributed by atoms with Gasteiger partial charge in [-0.1, -0.05) is 146 Å². The molecular weight excluding hydrogens is 1480 g/mol. The van der Waals surface area contributed by atoms with Gasteiger partial charge in [-0.2, -0.15) is 0 Å². The Labute approximate surface area is 688 Å². The number of halogens is 2. The van der Waals surface area contributed by atoms with Crippen LogP contribution in [0.5, 0.6) is 0 Å². The Bertz CT molecular complexity index is 5210. The molecule has 0 radical (unpaired) electrons. The number of aryl methyl sites for hydroxylation is 4. The van der Waals surface area contributed by atoms with E-state index < -0.39 is 11.6 Å². The Morgan fingerprint density at radius 2 is 0.695 bits per heavy atom. The van der Waals surface area contributed by atoms with Crippen molar-refractivity contribution in [2.45, 2.75) is 131 Å². The predicted octanol–water partition coefficient (Wildman–Crippen LogP) is 16.7. The van der Waals surface area contributed by atoms with Crippen molar-refractivity contribution in [2.24, 2.45) is 0 Å². The van der Waals surface area contributed by atoms with Crippen molar-refractivity contribution in [3.63, 3.8) is 0 Å². The quantitative estimate of drug-likeness (QED) is 0.0368. The zero-order chi connectivity index (χ0) is 82.6. The van der Waals surface area contributed by atoms with Crippen LogP contribution in [0.2, 0.25) is 0 Å². The van der Waals surface area contributed by atoms with Gasteiger partial charge in [-0.05, 0) is 166 Å². The second kappa shape index (κ2) is 39.8. The van der Waals surface area contributed by atoms with Crippen LogP contribution in [0.15, 0.2) is 207 Å². The van der Waals surface area contributed by atoms with Crippen LogP contribution in [0.1, 0.15) is 183 Å². The summed E-state index contributed by atoms with van der Waals surface area (Å²) in [6.07, 6.45) is 16.5. The number of nitrogens with zero attached hydrogens (tertiary/aromatic N) is 12. The molecule has 4 aliphatic heterocycles. The molecule has 12 aromatic rings. The molecule has 0 fully saturated rings. The van der Waals surface area contributed by atoms with E-state index in [1.807, 2.05) is 96.8 Å². The van der Waals surface area contributed by atoms with E-state index in [2.05, 4.69) is 179 Å². The van der Waals surface area contributed by atoms with E-state index in [9.17, 15) is 28.0 Å². The summed E-state index contributed by atoms with van der Waals surface area (Å²) in [6, 6.07) is 58.3. The molecule has 8 heterocycles. The number of benzene rings is 8. The number of unbranched alkanes of at least 4 members (excludes halogenated alkanes) is 1. The van der Waals surface area contributed by atoms with Crippen molar-refractivity contribution in [3.05, 3.63) is 331 Å². The number of carbonyl (C=O) groups is 4. The first kappa shape index (κ1) is 83.3. The zero-order valence-electron chi connectivity index (χ0n) is 67.8.